The van der Waals surface area contributed by atoms with Crippen molar-refractivity contribution in [1.29, 1.82) is 0 Å². The van der Waals surface area contributed by atoms with E-state index in [1.54, 1.807) is 0 Å². The molecule has 1 rings (SSSR count). The van der Waals surface area contributed by atoms with Gasteiger partial charge in [0.1, 0.15) is 0 Å². The molecule has 0 aromatic heterocycles. The quantitative estimate of drug-likeness (QED) is 0.615. The van der Waals surface area contributed by atoms with Crippen molar-refractivity contribution >= 4 is 5.91 Å². The molecule has 1 N–H and O–H groups in total. The predicted octanol–water partition coefficient (Wildman–Crippen LogP) is 0.539. The van der Waals surface area contributed by atoms with Crippen molar-refractivity contribution in [2.45, 2.75) is 32.7 Å². The summed E-state index contributed by atoms with van der Waals surface area (Å²) in [6.07, 6.45) is 2.68. The van der Waals surface area contributed by atoms with E-state index < -0.39 is 0 Å². The Labute approximate surface area is 99.0 Å². The Kier molecular flexibility index (Phi) is 5.77. The molecule has 0 spiro atoms. The second-order valence-electron chi connectivity index (χ2n) is 4.45. The van der Waals surface area contributed by atoms with E-state index in [9.17, 15) is 4.79 Å². The van der Waals surface area contributed by atoms with Crippen molar-refractivity contribution in [3.8, 4) is 0 Å². The fourth-order valence-electron chi connectivity index (χ4n) is 1.84. The molecule has 4 heteroatoms. The average molecular weight is 227 g/mol. The van der Waals surface area contributed by atoms with Gasteiger partial charge in [0.25, 0.3) is 0 Å². The van der Waals surface area contributed by atoms with Crippen molar-refractivity contribution in [2.24, 2.45) is 0 Å². The fourth-order valence-corrected chi connectivity index (χ4v) is 1.84. The molecule has 1 fully saturated rings. The van der Waals surface area contributed by atoms with Gasteiger partial charge in [0.2, 0.25) is 5.91 Å². The van der Waals surface area contributed by atoms with Crippen LogP contribution in [-0.4, -0.2) is 61.5 Å². The number of hydrogen-bond donors (Lipinski definition) is 1. The Morgan fingerprint density at radius 3 is 2.44 bits per heavy atom. The van der Waals surface area contributed by atoms with Gasteiger partial charge in [0.05, 0.1) is 6.54 Å². The number of rotatable bonds is 8. The molecule has 0 unspecified atom stereocenters. The first-order chi connectivity index (χ1) is 7.69. The minimum Gasteiger partial charge on any atom is -0.342 e. The average Bonchev–Trinajstić information content (AvgIpc) is 3.09. The molecule has 1 amide bonds. The van der Waals surface area contributed by atoms with Gasteiger partial charge in [-0.05, 0) is 33.7 Å². The minimum atomic E-state index is 0.207. The highest BCUT2D eigenvalue weighted by molar-refractivity contribution is 5.78. The molecule has 0 aromatic carbocycles. The minimum absolute atomic E-state index is 0.207. The van der Waals surface area contributed by atoms with Gasteiger partial charge < -0.3 is 15.1 Å². The Morgan fingerprint density at radius 2 is 1.94 bits per heavy atom. The Hall–Kier alpha value is -0.610. The lowest BCUT2D eigenvalue weighted by Gasteiger charge is -2.20. The lowest BCUT2D eigenvalue weighted by Crippen LogP contribution is -2.40. The van der Waals surface area contributed by atoms with E-state index in [0.717, 1.165) is 32.2 Å². The van der Waals surface area contributed by atoms with Gasteiger partial charge in [-0.3, -0.25) is 4.79 Å². The van der Waals surface area contributed by atoms with Gasteiger partial charge in [-0.1, -0.05) is 0 Å². The zero-order valence-electron chi connectivity index (χ0n) is 10.8. The molecule has 0 saturated heterocycles. The highest BCUT2D eigenvalue weighted by Crippen LogP contribution is 2.24. The maximum Gasteiger partial charge on any atom is 0.236 e. The number of carbonyl (C=O) groups is 1. The third-order valence-electron chi connectivity index (χ3n) is 3.20. The lowest BCUT2D eigenvalue weighted by molar-refractivity contribution is -0.129. The van der Waals surface area contributed by atoms with Crippen molar-refractivity contribution in [3.05, 3.63) is 0 Å². The van der Waals surface area contributed by atoms with Crippen molar-refractivity contribution in [2.75, 3.05) is 39.8 Å². The number of nitrogens with zero attached hydrogens (tertiary/aromatic N) is 2. The van der Waals surface area contributed by atoms with Gasteiger partial charge in [0, 0.05) is 32.2 Å². The van der Waals surface area contributed by atoms with Crippen molar-refractivity contribution in [1.82, 2.24) is 15.1 Å². The topological polar surface area (TPSA) is 35.6 Å². The molecule has 0 bridgehead atoms. The van der Waals surface area contributed by atoms with Crippen LogP contribution in [0.15, 0.2) is 0 Å². The molecule has 1 saturated carbocycles. The Morgan fingerprint density at radius 1 is 1.31 bits per heavy atom. The summed E-state index contributed by atoms with van der Waals surface area (Å²) in [4.78, 5) is 15.9. The molecular weight excluding hydrogens is 202 g/mol. The summed E-state index contributed by atoms with van der Waals surface area (Å²) in [6.45, 7) is 8.05. The zero-order valence-corrected chi connectivity index (χ0v) is 10.8. The van der Waals surface area contributed by atoms with Crippen LogP contribution in [0.25, 0.3) is 0 Å². The van der Waals surface area contributed by atoms with E-state index in [-0.39, 0.29) is 5.91 Å². The third-order valence-corrected chi connectivity index (χ3v) is 3.20. The molecule has 0 heterocycles. The van der Waals surface area contributed by atoms with Crippen LogP contribution in [0.2, 0.25) is 0 Å². The van der Waals surface area contributed by atoms with Crippen LogP contribution in [0.1, 0.15) is 26.7 Å². The van der Waals surface area contributed by atoms with E-state index in [1.165, 1.54) is 12.8 Å². The summed E-state index contributed by atoms with van der Waals surface area (Å²) < 4.78 is 0. The summed E-state index contributed by atoms with van der Waals surface area (Å²) in [6, 6.07) is 0.806. The summed E-state index contributed by atoms with van der Waals surface area (Å²) in [7, 11) is 2.16. The zero-order chi connectivity index (χ0) is 12.0. The van der Waals surface area contributed by atoms with Crippen LogP contribution < -0.4 is 5.32 Å². The van der Waals surface area contributed by atoms with Gasteiger partial charge in [-0.15, -0.1) is 0 Å². The number of carbonyl (C=O) groups excluding carboxylic acids is 1. The first kappa shape index (κ1) is 13.5. The number of likely N-dealkylation sites (N-methyl/N-ethyl adjacent to an activating group) is 2. The molecule has 4 nitrogen and oxygen atoms in total. The maximum absolute atomic E-state index is 11.6. The smallest absolute Gasteiger partial charge is 0.236 e. The summed E-state index contributed by atoms with van der Waals surface area (Å²) in [5.41, 5.74) is 0. The van der Waals surface area contributed by atoms with Gasteiger partial charge >= 0.3 is 0 Å². The second kappa shape index (κ2) is 6.86. The van der Waals surface area contributed by atoms with E-state index in [4.69, 9.17) is 0 Å². The fraction of sp³-hybridized carbons (Fsp3) is 0.917. The van der Waals surface area contributed by atoms with Crippen LogP contribution in [0, 0.1) is 0 Å². The maximum atomic E-state index is 11.6. The Balaban J connectivity index is 2.03. The van der Waals surface area contributed by atoms with Crippen LogP contribution >= 0.6 is 0 Å². The van der Waals surface area contributed by atoms with E-state index >= 15 is 0 Å². The largest absolute Gasteiger partial charge is 0.342 e. The SMILES string of the molecule is CCN(CC)C(=O)CNCCN(C)C1CC1. The lowest BCUT2D eigenvalue weighted by atomic mass is 10.4. The van der Waals surface area contributed by atoms with Gasteiger partial charge in [0.15, 0.2) is 0 Å². The van der Waals surface area contributed by atoms with Crippen LogP contribution in [-0.2, 0) is 4.79 Å². The van der Waals surface area contributed by atoms with Crippen molar-refractivity contribution in [3.63, 3.8) is 0 Å². The molecule has 0 aromatic rings. The first-order valence-electron chi connectivity index (χ1n) is 6.37. The van der Waals surface area contributed by atoms with Crippen LogP contribution in [0.4, 0.5) is 0 Å². The molecule has 16 heavy (non-hydrogen) atoms. The van der Waals surface area contributed by atoms with Gasteiger partial charge in [-0.25, -0.2) is 0 Å². The summed E-state index contributed by atoms with van der Waals surface area (Å²) in [5, 5.41) is 3.21. The molecule has 0 aliphatic heterocycles. The molecule has 94 valence electrons. The number of amides is 1. The predicted molar refractivity (Wildman–Crippen MR) is 66.4 cm³/mol. The third kappa shape index (κ3) is 4.49. The summed E-state index contributed by atoms with van der Waals surface area (Å²) in [5.74, 6) is 0.207. The Bertz CT molecular complexity index is 212. The van der Waals surface area contributed by atoms with E-state index in [2.05, 4.69) is 17.3 Å². The van der Waals surface area contributed by atoms with E-state index in [0.29, 0.717) is 6.54 Å². The van der Waals surface area contributed by atoms with Gasteiger partial charge in [-0.2, -0.15) is 0 Å². The molecule has 0 radical (unpaired) electrons. The van der Waals surface area contributed by atoms with Crippen LogP contribution in [0.5, 0.6) is 0 Å². The first-order valence-corrected chi connectivity index (χ1v) is 6.37. The molecular formula is C12H25N3O. The normalized spacial score (nSPS) is 15.5. The summed E-state index contributed by atoms with van der Waals surface area (Å²) >= 11 is 0. The molecule has 1 aliphatic carbocycles. The molecule has 1 aliphatic rings. The molecule has 0 atom stereocenters. The van der Waals surface area contributed by atoms with E-state index in [1.807, 2.05) is 18.7 Å². The monoisotopic (exact) mass is 227 g/mol. The highest BCUT2D eigenvalue weighted by atomic mass is 16.2. The standard InChI is InChI=1S/C12H25N3O/c1-4-15(5-2)12(16)10-13-8-9-14(3)11-6-7-11/h11,13H,4-10H2,1-3H3. The highest BCUT2D eigenvalue weighted by Gasteiger charge is 2.25. The second-order valence-corrected chi connectivity index (χ2v) is 4.45. The number of hydrogen-bond acceptors (Lipinski definition) is 3. The number of nitrogens with one attached hydrogen (secondary N) is 1. The van der Waals surface area contributed by atoms with Crippen LogP contribution in [0.3, 0.4) is 0 Å². The van der Waals surface area contributed by atoms with Crippen molar-refractivity contribution < 1.29 is 4.79 Å².